The third-order valence-electron chi connectivity index (χ3n) is 9.67. The summed E-state index contributed by atoms with van der Waals surface area (Å²) >= 11 is 24.3. The Hall–Kier alpha value is -2.00. The molecule has 2 aromatic carbocycles. The Bertz CT molecular complexity index is 1370. The number of nitrogens with one attached hydrogen (secondary N) is 1. The maximum atomic E-state index is 12.7. The summed E-state index contributed by atoms with van der Waals surface area (Å²) in [6.07, 6.45) is 10.4. The number of hydrogen-bond donors (Lipinski definition) is 1. The summed E-state index contributed by atoms with van der Waals surface area (Å²) in [5, 5.41) is 5.90. The zero-order chi connectivity index (χ0) is 32.8. The van der Waals surface area contributed by atoms with Gasteiger partial charge in [0.1, 0.15) is 0 Å². The number of nitrogens with zero attached hydrogens (tertiary/aromatic N) is 2. The average Bonchev–Trinajstić information content (AvgIpc) is 3.48. The second-order valence-corrected chi connectivity index (χ2v) is 14.5. The summed E-state index contributed by atoms with van der Waals surface area (Å²) in [4.78, 5) is 27.8. The van der Waals surface area contributed by atoms with E-state index in [0.29, 0.717) is 39.2 Å². The summed E-state index contributed by atoms with van der Waals surface area (Å²) < 4.78 is 11.4. The van der Waals surface area contributed by atoms with Crippen LogP contribution in [-0.2, 0) is 14.3 Å². The van der Waals surface area contributed by atoms with E-state index in [1.165, 1.54) is 11.1 Å². The van der Waals surface area contributed by atoms with Crippen LogP contribution < -0.4 is 5.32 Å². The highest BCUT2D eigenvalue weighted by atomic mass is 35.5. The first-order valence-corrected chi connectivity index (χ1v) is 17.7. The van der Waals surface area contributed by atoms with Gasteiger partial charge in [0.2, 0.25) is 5.91 Å². The molecule has 0 aromatic heterocycles. The fourth-order valence-electron chi connectivity index (χ4n) is 6.96. The van der Waals surface area contributed by atoms with Crippen molar-refractivity contribution < 1.29 is 19.1 Å². The van der Waals surface area contributed by atoms with Gasteiger partial charge in [0.15, 0.2) is 5.79 Å². The van der Waals surface area contributed by atoms with Gasteiger partial charge in [-0.2, -0.15) is 0 Å². The lowest BCUT2D eigenvalue weighted by atomic mass is 9.82. The van der Waals surface area contributed by atoms with E-state index in [-0.39, 0.29) is 29.8 Å². The molecule has 3 fully saturated rings. The largest absolute Gasteiger partial charge is 0.347 e. The van der Waals surface area contributed by atoms with Gasteiger partial charge < -0.3 is 24.6 Å². The lowest BCUT2D eigenvalue weighted by Crippen LogP contribution is -2.51. The molecule has 2 aliphatic carbocycles. The van der Waals surface area contributed by atoms with Gasteiger partial charge in [-0.1, -0.05) is 52.5 Å². The number of carbonyl (C=O) groups is 2. The van der Waals surface area contributed by atoms with Crippen LogP contribution in [0, 0.1) is 0 Å². The van der Waals surface area contributed by atoms with Gasteiger partial charge in [-0.3, -0.25) is 4.79 Å². The number of hydrogen-bond acceptors (Lipinski definition) is 4. The Morgan fingerprint density at radius 3 is 1.93 bits per heavy atom. The first-order valence-electron chi connectivity index (χ1n) is 16.2. The van der Waals surface area contributed by atoms with Crippen LogP contribution in [-0.4, -0.2) is 73.0 Å². The van der Waals surface area contributed by atoms with E-state index in [4.69, 9.17) is 55.9 Å². The third-order valence-corrected chi connectivity index (χ3v) is 10.5. The lowest BCUT2D eigenvalue weighted by Gasteiger charge is -2.37. The number of ether oxygens (including phenoxy) is 2. The molecule has 11 heteroatoms. The third kappa shape index (κ3) is 9.33. The van der Waals surface area contributed by atoms with Gasteiger partial charge in [0.05, 0.1) is 13.2 Å². The lowest BCUT2D eigenvalue weighted by molar-refractivity contribution is -0.159. The molecule has 46 heavy (non-hydrogen) atoms. The predicted molar refractivity (Wildman–Crippen MR) is 186 cm³/mol. The number of amides is 3. The van der Waals surface area contributed by atoms with Crippen molar-refractivity contribution in [3.63, 3.8) is 0 Å². The Balaban J connectivity index is 0.000000198. The van der Waals surface area contributed by atoms with E-state index in [2.05, 4.69) is 11.4 Å². The summed E-state index contributed by atoms with van der Waals surface area (Å²) in [5.74, 6) is 0.188. The molecule has 4 aliphatic rings. The van der Waals surface area contributed by atoms with Crippen LogP contribution in [0.15, 0.2) is 42.5 Å². The Morgan fingerprint density at radius 1 is 0.848 bits per heavy atom. The predicted octanol–water partition coefficient (Wildman–Crippen LogP) is 8.98. The first kappa shape index (κ1) is 35.3. The molecule has 0 bridgehead atoms. The van der Waals surface area contributed by atoms with Crippen LogP contribution in [0.1, 0.15) is 81.8 Å². The topological polar surface area (TPSA) is 71.1 Å². The Labute approximate surface area is 292 Å². The molecule has 3 amide bonds. The summed E-state index contributed by atoms with van der Waals surface area (Å²) in [6, 6.07) is 11.8. The fraction of sp³-hybridized carbons (Fsp3) is 0.543. The Morgan fingerprint density at radius 2 is 1.41 bits per heavy atom. The molecule has 6 rings (SSSR count). The normalized spacial score (nSPS) is 22.9. The second-order valence-electron chi connectivity index (χ2n) is 12.7. The van der Waals surface area contributed by atoms with E-state index in [1.54, 1.807) is 19.1 Å². The monoisotopic (exact) mass is 709 g/mol. The zero-order valence-corrected chi connectivity index (χ0v) is 29.5. The number of allylic oxidation sites excluding steroid dienone is 1. The van der Waals surface area contributed by atoms with E-state index in [9.17, 15) is 9.59 Å². The molecule has 7 nitrogen and oxygen atoms in total. The van der Waals surface area contributed by atoms with Crippen molar-refractivity contribution in [1.82, 2.24) is 15.1 Å². The van der Waals surface area contributed by atoms with Crippen molar-refractivity contribution in [2.75, 3.05) is 33.4 Å². The van der Waals surface area contributed by atoms with Crippen molar-refractivity contribution in [3.8, 4) is 0 Å². The minimum Gasteiger partial charge on any atom is -0.347 e. The van der Waals surface area contributed by atoms with Crippen molar-refractivity contribution in [3.05, 3.63) is 73.7 Å². The van der Waals surface area contributed by atoms with Gasteiger partial charge in [0.25, 0.3) is 0 Å². The summed E-state index contributed by atoms with van der Waals surface area (Å²) in [7, 11) is 1.86. The number of urea groups is 1. The fourth-order valence-corrected chi connectivity index (χ4v) is 8.03. The standard InChI is InChI=1S/C21H29Cl2N3O2.C14H14Cl2O2/c1-14(27)26-9-7-20(8-10-26)25(2)21(28)24-19-5-3-15(4-6-19)16-11-17(22)13-18(23)12-16;15-12-7-11(8-13(16)9-12)10-1-3-14(4-2-10)17-5-6-18-14/h11-13,15,19-20H,3-10H2,1-2H3,(H,24,28);1,7-9H,2-6H2. The molecule has 0 radical (unpaired) electrons. The molecule has 1 saturated carbocycles. The number of carbonyl (C=O) groups excluding carboxylic acids is 2. The van der Waals surface area contributed by atoms with Gasteiger partial charge in [0, 0.05) is 72.1 Å². The minimum atomic E-state index is -0.369. The number of benzene rings is 2. The van der Waals surface area contributed by atoms with Crippen molar-refractivity contribution >= 4 is 63.9 Å². The van der Waals surface area contributed by atoms with E-state index >= 15 is 0 Å². The van der Waals surface area contributed by atoms with E-state index < -0.39 is 0 Å². The molecule has 1 spiro atoms. The second kappa shape index (κ2) is 15.9. The molecule has 0 atom stereocenters. The highest BCUT2D eigenvalue weighted by Crippen LogP contribution is 2.39. The van der Waals surface area contributed by atoms with Crippen molar-refractivity contribution in [2.45, 2.75) is 88.5 Å². The number of rotatable bonds is 4. The summed E-state index contributed by atoms with van der Waals surface area (Å²) in [5.41, 5.74) is 3.56. The molecule has 2 heterocycles. The zero-order valence-electron chi connectivity index (χ0n) is 26.5. The molecular formula is C35H43Cl4N3O4. The molecule has 1 N–H and O–H groups in total. The molecule has 250 valence electrons. The van der Waals surface area contributed by atoms with Gasteiger partial charge >= 0.3 is 6.03 Å². The number of likely N-dealkylation sites (tertiary alicyclic amines) is 1. The van der Waals surface area contributed by atoms with Crippen LogP contribution in [0.25, 0.3) is 5.57 Å². The van der Waals surface area contributed by atoms with E-state index in [0.717, 1.165) is 76.4 Å². The minimum absolute atomic E-state index is 0.00414. The smallest absolute Gasteiger partial charge is 0.317 e. The van der Waals surface area contributed by atoms with Crippen LogP contribution >= 0.6 is 46.4 Å². The van der Waals surface area contributed by atoms with Crippen LogP contribution in [0.3, 0.4) is 0 Å². The molecular weight excluding hydrogens is 668 g/mol. The molecule has 2 aliphatic heterocycles. The highest BCUT2D eigenvalue weighted by Gasteiger charge is 2.37. The molecule has 2 aromatic rings. The van der Waals surface area contributed by atoms with Crippen LogP contribution in [0.2, 0.25) is 20.1 Å². The molecule has 0 unspecified atom stereocenters. The maximum Gasteiger partial charge on any atom is 0.317 e. The van der Waals surface area contributed by atoms with Crippen LogP contribution in [0.4, 0.5) is 4.79 Å². The summed E-state index contributed by atoms with van der Waals surface area (Å²) in [6.45, 7) is 4.46. The van der Waals surface area contributed by atoms with Crippen LogP contribution in [0.5, 0.6) is 0 Å². The maximum absolute atomic E-state index is 12.7. The Kier molecular flexibility index (Phi) is 12.2. The van der Waals surface area contributed by atoms with Gasteiger partial charge in [-0.15, -0.1) is 0 Å². The van der Waals surface area contributed by atoms with Crippen molar-refractivity contribution in [1.29, 1.82) is 0 Å². The number of halogens is 4. The SMILES string of the molecule is CC(=O)N1CCC(N(C)C(=O)NC2CCC(c3cc(Cl)cc(Cl)c3)CC2)CC1.Clc1cc(Cl)cc(C2=CCC3(CC2)OCCO3)c1. The highest BCUT2D eigenvalue weighted by molar-refractivity contribution is 6.35. The molecule has 2 saturated heterocycles. The number of piperidine rings is 1. The van der Waals surface area contributed by atoms with Gasteiger partial charge in [-0.25, -0.2) is 4.79 Å². The first-order chi connectivity index (χ1) is 22.0. The van der Waals surface area contributed by atoms with Crippen molar-refractivity contribution in [2.24, 2.45) is 0 Å². The quantitative estimate of drug-likeness (QED) is 0.344. The average molecular weight is 712 g/mol. The van der Waals surface area contributed by atoms with E-state index in [1.807, 2.05) is 41.1 Å². The van der Waals surface area contributed by atoms with Gasteiger partial charge in [-0.05, 0) is 104 Å².